The van der Waals surface area contributed by atoms with Crippen molar-refractivity contribution < 1.29 is 13.2 Å². The first-order valence-electron chi connectivity index (χ1n) is 10.8. The molecule has 0 aliphatic rings. The maximum atomic E-state index is 13.9. The van der Waals surface area contributed by atoms with Crippen molar-refractivity contribution in [3.05, 3.63) is 136 Å². The van der Waals surface area contributed by atoms with Gasteiger partial charge in [0.05, 0.1) is 16.9 Å². The normalized spacial score (nSPS) is 13.2. The zero-order valence-electron chi connectivity index (χ0n) is 18.6. The van der Waals surface area contributed by atoms with Crippen molar-refractivity contribution in [1.82, 2.24) is 4.72 Å². The van der Waals surface area contributed by atoms with Gasteiger partial charge in [0.1, 0.15) is 0 Å². The van der Waals surface area contributed by atoms with E-state index < -0.39 is 22.0 Å². The van der Waals surface area contributed by atoms with Crippen LogP contribution in [-0.4, -0.2) is 14.2 Å². The molecule has 0 bridgehead atoms. The van der Waals surface area contributed by atoms with E-state index >= 15 is 0 Å². The molecule has 0 heterocycles. The lowest BCUT2D eigenvalue weighted by Crippen LogP contribution is -2.35. The molecule has 0 saturated carbocycles. The quantitative estimate of drug-likeness (QED) is 0.265. The molecule has 4 aromatic rings. The van der Waals surface area contributed by atoms with Gasteiger partial charge in [-0.25, -0.2) is 13.1 Å². The Morgan fingerprint density at radius 3 is 1.82 bits per heavy atom. The average Bonchev–Trinajstić information content (AvgIpc) is 2.85. The minimum absolute atomic E-state index is 0.155. The van der Waals surface area contributed by atoms with Gasteiger partial charge in [-0.3, -0.25) is 4.79 Å². The van der Waals surface area contributed by atoms with E-state index in [1.807, 2.05) is 79.7 Å². The Balaban J connectivity index is 1.84. The molecule has 2 atom stereocenters. The highest BCUT2D eigenvalue weighted by atomic mass is 79.9. The number of benzene rings is 4. The molecule has 0 aliphatic heterocycles. The van der Waals surface area contributed by atoms with Gasteiger partial charge in [-0.15, -0.1) is 0 Å². The molecule has 4 rings (SSSR count). The largest absolute Gasteiger partial charge is 0.293 e. The molecule has 172 valence electrons. The maximum absolute atomic E-state index is 13.9. The molecule has 0 aliphatic carbocycles. The number of aryl methyl sites for hydroxylation is 1. The lowest BCUT2D eigenvalue weighted by atomic mass is 9.82. The van der Waals surface area contributed by atoms with E-state index in [4.69, 9.17) is 0 Å². The first-order chi connectivity index (χ1) is 16.3. The van der Waals surface area contributed by atoms with Crippen molar-refractivity contribution in [2.75, 3.05) is 0 Å². The fourth-order valence-electron chi connectivity index (χ4n) is 3.89. The maximum Gasteiger partial charge on any atom is 0.241 e. The molecule has 4 nitrogen and oxygen atoms in total. The van der Waals surface area contributed by atoms with Crippen LogP contribution in [0.4, 0.5) is 0 Å². The smallest absolute Gasteiger partial charge is 0.241 e. The summed E-state index contributed by atoms with van der Waals surface area (Å²) in [6, 6.07) is 31.5. The number of ketones is 1. The summed E-state index contributed by atoms with van der Waals surface area (Å²) in [5, 5.41) is 0. The van der Waals surface area contributed by atoms with Crippen molar-refractivity contribution >= 4 is 31.7 Å². The van der Waals surface area contributed by atoms with Crippen LogP contribution in [0.5, 0.6) is 0 Å². The average molecular weight is 534 g/mol. The predicted molar refractivity (Wildman–Crippen MR) is 138 cm³/mol. The van der Waals surface area contributed by atoms with Gasteiger partial charge in [0.25, 0.3) is 0 Å². The molecule has 0 amide bonds. The molecular formula is C28H24BrNO3S. The minimum Gasteiger partial charge on any atom is -0.293 e. The standard InChI is InChI=1S/C28H24BrNO3S/c1-20-12-18-25(19-13-20)34(32,33)30-27(22-10-6-3-7-11-22)26(21-8-4-2-5-9-21)28(31)23-14-16-24(29)17-15-23/h2-19,26-27,30H,1H3/t26-,27+/m0/s1. The number of nitrogens with one attached hydrogen (secondary N) is 1. The van der Waals surface area contributed by atoms with Gasteiger partial charge in [0.15, 0.2) is 5.78 Å². The van der Waals surface area contributed by atoms with Crippen molar-refractivity contribution in [3.8, 4) is 0 Å². The number of Topliss-reactive ketones (excluding diaryl/α,β-unsaturated/α-hetero) is 1. The first-order valence-corrected chi connectivity index (χ1v) is 13.1. The van der Waals surface area contributed by atoms with Gasteiger partial charge in [-0.1, -0.05) is 106 Å². The number of hydrogen-bond donors (Lipinski definition) is 1. The van der Waals surface area contributed by atoms with E-state index in [1.54, 1.807) is 36.4 Å². The van der Waals surface area contributed by atoms with Gasteiger partial charge in [0, 0.05) is 10.0 Å². The molecule has 0 saturated heterocycles. The molecule has 0 aromatic heterocycles. The number of carbonyl (C=O) groups excluding carboxylic acids is 1. The van der Waals surface area contributed by atoms with Crippen molar-refractivity contribution in [2.45, 2.75) is 23.8 Å². The number of carbonyl (C=O) groups is 1. The van der Waals surface area contributed by atoms with Crippen molar-refractivity contribution in [1.29, 1.82) is 0 Å². The Hall–Kier alpha value is -3.06. The first kappa shape index (κ1) is 24.1. The topological polar surface area (TPSA) is 63.2 Å². The van der Waals surface area contributed by atoms with Crippen molar-refractivity contribution in [3.63, 3.8) is 0 Å². The number of rotatable bonds is 8. The highest BCUT2D eigenvalue weighted by Gasteiger charge is 2.35. The molecule has 0 spiro atoms. The van der Waals surface area contributed by atoms with Crippen LogP contribution in [0.3, 0.4) is 0 Å². The molecular weight excluding hydrogens is 510 g/mol. The molecule has 0 fully saturated rings. The molecule has 0 unspecified atom stereocenters. The van der Waals surface area contributed by atoms with E-state index in [0.717, 1.165) is 15.6 Å². The number of hydrogen-bond acceptors (Lipinski definition) is 3. The summed E-state index contributed by atoms with van der Waals surface area (Å²) in [5.74, 6) is -0.941. The van der Waals surface area contributed by atoms with Gasteiger partial charge in [0.2, 0.25) is 10.0 Å². The van der Waals surface area contributed by atoms with Crippen LogP contribution in [0.2, 0.25) is 0 Å². The Bertz CT molecular complexity index is 1360. The lowest BCUT2D eigenvalue weighted by Gasteiger charge is -2.28. The number of halogens is 1. The Morgan fingerprint density at radius 1 is 0.735 bits per heavy atom. The van der Waals surface area contributed by atoms with Crippen LogP contribution in [-0.2, 0) is 10.0 Å². The fraction of sp³-hybridized carbons (Fsp3) is 0.107. The second-order valence-electron chi connectivity index (χ2n) is 8.08. The summed E-state index contributed by atoms with van der Waals surface area (Å²) in [6.45, 7) is 1.90. The lowest BCUT2D eigenvalue weighted by molar-refractivity contribution is 0.0944. The Kier molecular flexibility index (Phi) is 7.41. The monoisotopic (exact) mass is 533 g/mol. The van der Waals surface area contributed by atoms with Gasteiger partial charge >= 0.3 is 0 Å². The van der Waals surface area contributed by atoms with E-state index in [-0.39, 0.29) is 10.7 Å². The van der Waals surface area contributed by atoms with Crippen molar-refractivity contribution in [2.24, 2.45) is 0 Å². The van der Waals surface area contributed by atoms with Crippen LogP contribution < -0.4 is 4.72 Å². The fourth-order valence-corrected chi connectivity index (χ4v) is 5.39. The summed E-state index contributed by atoms with van der Waals surface area (Å²) >= 11 is 3.41. The molecule has 0 radical (unpaired) electrons. The van der Waals surface area contributed by atoms with E-state index in [9.17, 15) is 13.2 Å². The summed E-state index contributed by atoms with van der Waals surface area (Å²) in [7, 11) is -3.91. The Labute approximate surface area is 208 Å². The van der Waals surface area contributed by atoms with Crippen LogP contribution in [0.1, 0.15) is 39.0 Å². The highest BCUT2D eigenvalue weighted by molar-refractivity contribution is 9.10. The number of sulfonamides is 1. The third-order valence-corrected chi connectivity index (χ3v) is 7.66. The third-order valence-electron chi connectivity index (χ3n) is 5.68. The molecule has 1 N–H and O–H groups in total. The van der Waals surface area contributed by atoms with E-state index in [2.05, 4.69) is 20.7 Å². The van der Waals surface area contributed by atoms with Gasteiger partial charge in [-0.2, -0.15) is 0 Å². The summed E-state index contributed by atoms with van der Waals surface area (Å²) < 4.78 is 30.6. The van der Waals surface area contributed by atoms with Gasteiger partial charge in [-0.05, 0) is 42.3 Å². The SMILES string of the molecule is Cc1ccc(S(=O)(=O)N[C@H](c2ccccc2)[C@@H](C(=O)c2ccc(Br)cc2)c2ccccc2)cc1. The highest BCUT2D eigenvalue weighted by Crippen LogP contribution is 2.35. The minimum atomic E-state index is -3.91. The summed E-state index contributed by atoms with van der Waals surface area (Å²) in [5.41, 5.74) is 2.91. The van der Waals surface area contributed by atoms with Crippen LogP contribution in [0.15, 0.2) is 119 Å². The van der Waals surface area contributed by atoms with E-state index in [1.165, 1.54) is 0 Å². The van der Waals surface area contributed by atoms with Crippen LogP contribution in [0.25, 0.3) is 0 Å². The zero-order valence-corrected chi connectivity index (χ0v) is 21.0. The second kappa shape index (κ2) is 10.5. The molecule has 4 aromatic carbocycles. The summed E-state index contributed by atoms with van der Waals surface area (Å²) in [4.78, 5) is 14.0. The van der Waals surface area contributed by atoms with Crippen LogP contribution >= 0.6 is 15.9 Å². The molecule has 6 heteroatoms. The Morgan fingerprint density at radius 2 is 1.26 bits per heavy atom. The van der Waals surface area contributed by atoms with E-state index in [0.29, 0.717) is 11.1 Å². The molecule has 34 heavy (non-hydrogen) atoms. The summed E-state index contributed by atoms with van der Waals surface area (Å²) in [6.07, 6.45) is 0. The zero-order chi connectivity index (χ0) is 24.1. The predicted octanol–water partition coefficient (Wildman–Crippen LogP) is 6.44. The second-order valence-corrected chi connectivity index (χ2v) is 10.7. The van der Waals surface area contributed by atoms with Crippen LogP contribution in [0, 0.1) is 6.92 Å². The van der Waals surface area contributed by atoms with Gasteiger partial charge < -0.3 is 0 Å². The third kappa shape index (κ3) is 5.53.